The molecule has 4 nitrogen and oxygen atoms in total. The van der Waals surface area contributed by atoms with Crippen molar-refractivity contribution in [3.8, 4) is 11.8 Å². The van der Waals surface area contributed by atoms with Crippen LogP contribution >= 0.6 is 11.6 Å². The van der Waals surface area contributed by atoms with E-state index < -0.39 is 0 Å². The van der Waals surface area contributed by atoms with Crippen LogP contribution in [0.4, 0.5) is 0 Å². The Hall–Kier alpha value is -1.54. The summed E-state index contributed by atoms with van der Waals surface area (Å²) in [4.78, 5) is 14.4. The third-order valence-electron chi connectivity index (χ3n) is 3.48. The molecular formula is C16H18ClNO3. The Labute approximate surface area is 129 Å². The highest BCUT2D eigenvalue weighted by molar-refractivity contribution is 6.32. The first-order valence-corrected chi connectivity index (χ1v) is 7.33. The number of hydrogen-bond acceptors (Lipinski definition) is 3. The summed E-state index contributed by atoms with van der Waals surface area (Å²) in [7, 11) is 0. The number of nitrogens with zero attached hydrogens (tertiary/aromatic N) is 1. The lowest BCUT2D eigenvalue weighted by molar-refractivity contribution is -0.00279. The minimum atomic E-state index is -0.219. The molecule has 1 amide bonds. The maximum absolute atomic E-state index is 12.6. The largest absolute Gasteiger partial charge is 0.384 e. The Kier molecular flexibility index (Phi) is 5.63. The maximum atomic E-state index is 12.6. The smallest absolute Gasteiger partial charge is 0.254 e. The second kappa shape index (κ2) is 7.46. The van der Waals surface area contributed by atoms with Gasteiger partial charge in [-0.15, -0.1) is 0 Å². The first kappa shape index (κ1) is 15.8. The van der Waals surface area contributed by atoms with Gasteiger partial charge >= 0.3 is 0 Å². The van der Waals surface area contributed by atoms with Gasteiger partial charge in [-0.2, -0.15) is 0 Å². The Morgan fingerprint density at radius 3 is 3.05 bits per heavy atom. The Morgan fingerprint density at radius 1 is 1.57 bits per heavy atom. The first-order valence-electron chi connectivity index (χ1n) is 6.95. The van der Waals surface area contributed by atoms with E-state index in [-0.39, 0.29) is 18.6 Å². The van der Waals surface area contributed by atoms with Gasteiger partial charge in [-0.3, -0.25) is 4.79 Å². The van der Waals surface area contributed by atoms with Gasteiger partial charge in [0.15, 0.2) is 0 Å². The summed E-state index contributed by atoms with van der Waals surface area (Å²) in [6, 6.07) is 5.17. The van der Waals surface area contributed by atoms with Gasteiger partial charge in [-0.05, 0) is 24.6 Å². The summed E-state index contributed by atoms with van der Waals surface area (Å²) >= 11 is 6.14. The normalized spacial score (nSPS) is 18.0. The number of aliphatic hydroxyl groups is 1. The summed E-state index contributed by atoms with van der Waals surface area (Å²) in [5.74, 6) is 5.26. The van der Waals surface area contributed by atoms with Crippen LogP contribution in [0.2, 0.25) is 5.02 Å². The van der Waals surface area contributed by atoms with Crippen LogP contribution in [-0.2, 0) is 4.74 Å². The summed E-state index contributed by atoms with van der Waals surface area (Å²) in [5, 5.41) is 9.12. The van der Waals surface area contributed by atoms with Crippen LogP contribution in [0.1, 0.15) is 29.3 Å². The summed E-state index contributed by atoms with van der Waals surface area (Å²) in [6.45, 7) is 3.57. The van der Waals surface area contributed by atoms with E-state index in [1.54, 1.807) is 18.2 Å². The van der Waals surface area contributed by atoms with Gasteiger partial charge in [-0.1, -0.05) is 30.4 Å². The van der Waals surface area contributed by atoms with Gasteiger partial charge in [0.25, 0.3) is 5.91 Å². The molecule has 2 rings (SSSR count). The van der Waals surface area contributed by atoms with Crippen molar-refractivity contribution >= 4 is 17.5 Å². The van der Waals surface area contributed by atoms with Crippen molar-refractivity contribution in [2.24, 2.45) is 0 Å². The molecule has 1 N–H and O–H groups in total. The van der Waals surface area contributed by atoms with Gasteiger partial charge < -0.3 is 14.7 Å². The number of ether oxygens (including phenoxy) is 1. The van der Waals surface area contributed by atoms with Gasteiger partial charge in [0, 0.05) is 17.7 Å². The molecule has 0 saturated carbocycles. The van der Waals surface area contributed by atoms with Crippen molar-refractivity contribution in [3.63, 3.8) is 0 Å². The number of benzene rings is 1. The van der Waals surface area contributed by atoms with Gasteiger partial charge in [0.1, 0.15) is 6.61 Å². The van der Waals surface area contributed by atoms with Crippen molar-refractivity contribution in [2.75, 3.05) is 26.4 Å². The van der Waals surface area contributed by atoms with Crippen LogP contribution < -0.4 is 0 Å². The molecule has 0 radical (unpaired) electrons. The molecule has 0 bridgehead atoms. The summed E-state index contributed by atoms with van der Waals surface area (Å²) in [5.41, 5.74) is 1.16. The number of halogens is 1. The molecule has 0 aliphatic carbocycles. The molecule has 1 saturated heterocycles. The fourth-order valence-corrected chi connectivity index (χ4v) is 2.54. The number of hydrogen-bond donors (Lipinski definition) is 1. The molecule has 0 spiro atoms. The lowest BCUT2D eigenvalue weighted by atomic mass is 10.1. The lowest BCUT2D eigenvalue weighted by Crippen LogP contribution is -2.48. The van der Waals surface area contributed by atoms with Crippen LogP contribution in [0, 0.1) is 11.8 Å². The molecule has 1 heterocycles. The highest BCUT2D eigenvalue weighted by Gasteiger charge is 2.26. The molecule has 1 aromatic rings. The number of carbonyl (C=O) groups excluding carboxylic acids is 1. The summed E-state index contributed by atoms with van der Waals surface area (Å²) < 4.78 is 5.41. The molecule has 1 aromatic carbocycles. The maximum Gasteiger partial charge on any atom is 0.254 e. The minimum Gasteiger partial charge on any atom is -0.384 e. The first-order chi connectivity index (χ1) is 10.2. The van der Waals surface area contributed by atoms with E-state index in [9.17, 15) is 4.79 Å². The van der Waals surface area contributed by atoms with E-state index in [4.69, 9.17) is 21.4 Å². The molecule has 1 aliphatic rings. The quantitative estimate of drug-likeness (QED) is 0.850. The van der Waals surface area contributed by atoms with Crippen molar-refractivity contribution in [2.45, 2.75) is 19.4 Å². The fraction of sp³-hybridized carbons (Fsp3) is 0.438. The van der Waals surface area contributed by atoms with Gasteiger partial charge in [0.05, 0.1) is 24.3 Å². The fourth-order valence-electron chi connectivity index (χ4n) is 2.31. The zero-order valence-corrected chi connectivity index (χ0v) is 12.7. The third kappa shape index (κ3) is 3.76. The average Bonchev–Trinajstić information content (AvgIpc) is 2.53. The van der Waals surface area contributed by atoms with E-state index >= 15 is 0 Å². The Bertz CT molecular complexity index is 577. The van der Waals surface area contributed by atoms with E-state index in [1.807, 2.05) is 11.8 Å². The van der Waals surface area contributed by atoms with E-state index in [1.165, 1.54) is 0 Å². The Balaban J connectivity index is 2.21. The number of aliphatic hydroxyl groups excluding tert-OH is 1. The molecule has 5 heteroatoms. The van der Waals surface area contributed by atoms with E-state index in [0.717, 1.165) is 6.42 Å². The van der Waals surface area contributed by atoms with Crippen LogP contribution in [0.15, 0.2) is 18.2 Å². The van der Waals surface area contributed by atoms with E-state index in [0.29, 0.717) is 35.9 Å². The highest BCUT2D eigenvalue weighted by atomic mass is 35.5. The number of rotatable bonds is 2. The molecule has 0 aromatic heterocycles. The van der Waals surface area contributed by atoms with Gasteiger partial charge in [-0.25, -0.2) is 0 Å². The predicted octanol–water partition coefficient (Wildman–Crippen LogP) is 1.93. The van der Waals surface area contributed by atoms with E-state index in [2.05, 4.69) is 11.8 Å². The molecule has 1 aliphatic heterocycles. The minimum absolute atomic E-state index is 0.0336. The van der Waals surface area contributed by atoms with Crippen LogP contribution in [-0.4, -0.2) is 48.3 Å². The standard InChI is InChI=1S/C16H18ClNO3/c1-2-14-11-21-9-7-18(14)16(20)13-6-5-12(4-3-8-19)15(17)10-13/h5-6,10,14,19H,2,7-9,11H2,1H3. The molecule has 1 fully saturated rings. The van der Waals surface area contributed by atoms with Crippen molar-refractivity contribution < 1.29 is 14.6 Å². The topological polar surface area (TPSA) is 49.8 Å². The van der Waals surface area contributed by atoms with Gasteiger partial charge in [0.2, 0.25) is 0 Å². The van der Waals surface area contributed by atoms with Crippen molar-refractivity contribution in [3.05, 3.63) is 34.3 Å². The summed E-state index contributed by atoms with van der Waals surface area (Å²) in [6.07, 6.45) is 0.861. The molecular weight excluding hydrogens is 290 g/mol. The third-order valence-corrected chi connectivity index (χ3v) is 3.79. The number of carbonyl (C=O) groups is 1. The SMILES string of the molecule is CCC1COCCN1C(=O)c1ccc(C#CCO)c(Cl)c1. The average molecular weight is 308 g/mol. The second-order valence-electron chi connectivity index (χ2n) is 4.79. The van der Waals surface area contributed by atoms with Crippen LogP contribution in [0.3, 0.4) is 0 Å². The number of amides is 1. The lowest BCUT2D eigenvalue weighted by Gasteiger charge is -2.35. The second-order valence-corrected chi connectivity index (χ2v) is 5.20. The predicted molar refractivity (Wildman–Crippen MR) is 81.4 cm³/mol. The Morgan fingerprint density at radius 2 is 2.38 bits per heavy atom. The number of morpholine rings is 1. The van der Waals surface area contributed by atoms with Crippen LogP contribution in [0.25, 0.3) is 0 Å². The highest BCUT2D eigenvalue weighted by Crippen LogP contribution is 2.20. The monoisotopic (exact) mass is 307 g/mol. The van der Waals surface area contributed by atoms with Crippen molar-refractivity contribution in [1.82, 2.24) is 4.90 Å². The van der Waals surface area contributed by atoms with Crippen molar-refractivity contribution in [1.29, 1.82) is 0 Å². The zero-order chi connectivity index (χ0) is 15.2. The molecule has 1 unspecified atom stereocenters. The molecule has 112 valence electrons. The molecule has 21 heavy (non-hydrogen) atoms. The zero-order valence-electron chi connectivity index (χ0n) is 11.9. The van der Waals surface area contributed by atoms with Crippen LogP contribution in [0.5, 0.6) is 0 Å². The molecule has 1 atom stereocenters.